The van der Waals surface area contributed by atoms with Gasteiger partial charge in [-0.25, -0.2) is 19.9 Å². The Hall–Kier alpha value is -10.7. The number of aryl methyl sites for hydroxylation is 2. The molecule has 4 heterocycles. The molecule has 20 heteroatoms. The first-order valence-electron chi connectivity index (χ1n) is 25.4. The van der Waals surface area contributed by atoms with Gasteiger partial charge in [0.15, 0.2) is 13.6 Å². The highest BCUT2D eigenvalue weighted by Crippen LogP contribution is 2.26. The lowest BCUT2D eigenvalue weighted by atomic mass is 10.1. The number of nitrogens with two attached hydrogens (primary N) is 2. The number of rotatable bonds is 19. The molecule has 0 unspecified atom stereocenters. The lowest BCUT2D eigenvalue weighted by Crippen LogP contribution is -2.20. The van der Waals surface area contributed by atoms with Gasteiger partial charge in [0, 0.05) is 96.3 Å². The largest absolute Gasteiger partial charge is 0.468 e. The Balaban J connectivity index is 0.000000194. The van der Waals surface area contributed by atoms with Crippen LogP contribution in [0.1, 0.15) is 38.2 Å². The molecule has 418 valence electrons. The van der Waals surface area contributed by atoms with E-state index in [4.69, 9.17) is 31.2 Å². The number of nitrogens with one attached hydrogen (secondary N) is 5. The second-order valence-electron chi connectivity index (χ2n) is 17.4. The Morgan fingerprint density at radius 3 is 1.49 bits per heavy atom. The van der Waals surface area contributed by atoms with Gasteiger partial charge in [0.2, 0.25) is 23.7 Å². The van der Waals surface area contributed by atoms with Gasteiger partial charge in [-0.3, -0.25) is 24.4 Å². The summed E-state index contributed by atoms with van der Waals surface area (Å²) in [5, 5.41) is 31.6. The number of nitrogens with zero attached hydrogens (tertiary/aromatic N) is 6. The first kappa shape index (κ1) is 60.6. The van der Waals surface area contributed by atoms with Gasteiger partial charge in [-0.15, -0.1) is 0 Å². The standard InChI is InChI=1S/C27H24N6O2.C16H15N5.C11H13NO3.C8H11NO2/c1-3-25(34)30-16-19-7-9-20(10-8-19)26(35)31-22-11-6-18(2)24(15-22)33-27-29-14-12-23(32-27)21-5-4-13-28-17-21;1-11-4-5-13(17)9-15(11)21-16-19-8-6-14(20-16)12-3-2-7-18-10-12;1-2-11(14)12-7-9-3-5-10(6-4-9)15-8-13;9-5-7-1-3-8(4-2-7)11-6-10/h3-15,17H,1,16H2,2H3,(H,30,34)(H,31,35)(H,29,32,33);2-10H,17H2,1H3,(H,19,20,21);2-6,13H,1,7-8H2,(H,12,14);1-4,10H,5-6,9H2. The summed E-state index contributed by atoms with van der Waals surface area (Å²) in [6, 6.07) is 44.0. The van der Waals surface area contributed by atoms with E-state index >= 15 is 0 Å². The van der Waals surface area contributed by atoms with Crippen molar-refractivity contribution in [2.45, 2.75) is 33.5 Å². The topological polar surface area (TPSA) is 300 Å². The normalized spacial score (nSPS) is 10.1. The molecular weight excluding hydrogens is 1040 g/mol. The first-order valence-corrected chi connectivity index (χ1v) is 25.4. The van der Waals surface area contributed by atoms with Crippen LogP contribution in [0.25, 0.3) is 22.5 Å². The maximum absolute atomic E-state index is 12.7. The summed E-state index contributed by atoms with van der Waals surface area (Å²) in [6.07, 6.45) is 12.8. The fourth-order valence-electron chi connectivity index (χ4n) is 7.11. The number of carbonyl (C=O) groups is 3. The van der Waals surface area contributed by atoms with Gasteiger partial charge >= 0.3 is 0 Å². The molecule has 4 aromatic heterocycles. The molecule has 0 radical (unpaired) electrons. The minimum Gasteiger partial charge on any atom is -0.468 e. The number of aliphatic hydroxyl groups excluding tert-OH is 2. The molecule has 82 heavy (non-hydrogen) atoms. The third-order valence-corrected chi connectivity index (χ3v) is 11.5. The van der Waals surface area contributed by atoms with Crippen LogP contribution in [-0.4, -0.2) is 71.4 Å². The number of nitrogen functional groups attached to an aromatic ring is 1. The summed E-state index contributed by atoms with van der Waals surface area (Å²) in [4.78, 5) is 60.8. The van der Waals surface area contributed by atoms with Crippen molar-refractivity contribution in [1.82, 2.24) is 40.5 Å². The van der Waals surface area contributed by atoms with E-state index in [0.29, 0.717) is 60.0 Å². The van der Waals surface area contributed by atoms with E-state index in [1.165, 1.54) is 12.2 Å². The molecule has 5 aromatic carbocycles. The van der Waals surface area contributed by atoms with Crippen LogP contribution < -0.4 is 47.5 Å². The van der Waals surface area contributed by atoms with Crippen molar-refractivity contribution in [3.05, 3.63) is 241 Å². The van der Waals surface area contributed by atoms with Crippen LogP contribution >= 0.6 is 0 Å². The van der Waals surface area contributed by atoms with Crippen LogP contribution in [-0.2, 0) is 29.2 Å². The Morgan fingerprint density at radius 2 is 1.04 bits per heavy atom. The van der Waals surface area contributed by atoms with Crippen molar-refractivity contribution in [2.24, 2.45) is 5.73 Å². The number of aliphatic hydroxyl groups is 2. The smallest absolute Gasteiger partial charge is 0.255 e. The van der Waals surface area contributed by atoms with E-state index in [1.807, 2.05) is 111 Å². The molecule has 9 rings (SSSR count). The zero-order valence-electron chi connectivity index (χ0n) is 45.2. The molecule has 0 saturated heterocycles. The van der Waals surface area contributed by atoms with Gasteiger partial charge in [0.1, 0.15) is 11.5 Å². The average Bonchev–Trinajstić information content (AvgIpc) is 3.51. The molecule has 11 N–H and O–H groups in total. The molecule has 0 atom stereocenters. The highest BCUT2D eigenvalue weighted by molar-refractivity contribution is 6.04. The summed E-state index contributed by atoms with van der Waals surface area (Å²) >= 11 is 0. The van der Waals surface area contributed by atoms with Gasteiger partial charge in [0.25, 0.3) is 5.91 Å². The maximum Gasteiger partial charge on any atom is 0.255 e. The first-order chi connectivity index (χ1) is 39.9. The van der Waals surface area contributed by atoms with Crippen molar-refractivity contribution in [3.63, 3.8) is 0 Å². The van der Waals surface area contributed by atoms with E-state index in [-0.39, 0.29) is 31.3 Å². The highest BCUT2D eigenvalue weighted by atomic mass is 16.6. The number of hydrogen-bond donors (Lipinski definition) is 9. The summed E-state index contributed by atoms with van der Waals surface area (Å²) < 4.78 is 9.68. The molecule has 9 aromatic rings. The van der Waals surface area contributed by atoms with Gasteiger partial charge in [-0.05, 0) is 151 Å². The summed E-state index contributed by atoms with van der Waals surface area (Å²) in [6.45, 7) is 11.5. The zero-order chi connectivity index (χ0) is 58.5. The number of pyridine rings is 2. The van der Waals surface area contributed by atoms with Gasteiger partial charge in [-0.2, -0.15) is 0 Å². The van der Waals surface area contributed by atoms with Crippen molar-refractivity contribution in [1.29, 1.82) is 0 Å². The maximum atomic E-state index is 12.7. The van der Waals surface area contributed by atoms with Crippen molar-refractivity contribution in [3.8, 4) is 34.0 Å². The molecule has 20 nitrogen and oxygen atoms in total. The summed E-state index contributed by atoms with van der Waals surface area (Å²) in [5.74, 6) is 1.54. The van der Waals surface area contributed by atoms with E-state index < -0.39 is 0 Å². The number of benzene rings is 5. The third-order valence-electron chi connectivity index (χ3n) is 11.5. The molecule has 0 aliphatic heterocycles. The van der Waals surface area contributed by atoms with E-state index in [9.17, 15) is 14.4 Å². The van der Waals surface area contributed by atoms with Crippen molar-refractivity contribution >= 4 is 52.4 Å². The lowest BCUT2D eigenvalue weighted by molar-refractivity contribution is -0.117. The van der Waals surface area contributed by atoms with Crippen LogP contribution in [0.2, 0.25) is 0 Å². The van der Waals surface area contributed by atoms with E-state index in [2.05, 4.69) is 69.6 Å². The zero-order valence-corrected chi connectivity index (χ0v) is 45.2. The minimum absolute atomic E-state index is 0.203. The van der Waals surface area contributed by atoms with E-state index in [0.717, 1.165) is 61.7 Å². The predicted molar refractivity (Wildman–Crippen MR) is 319 cm³/mol. The lowest BCUT2D eigenvalue weighted by Gasteiger charge is -2.12. The number of amides is 3. The van der Waals surface area contributed by atoms with Crippen LogP contribution in [0.3, 0.4) is 0 Å². The van der Waals surface area contributed by atoms with Crippen LogP contribution in [0.5, 0.6) is 11.5 Å². The third kappa shape index (κ3) is 20.0. The molecule has 0 bridgehead atoms. The number of aromatic nitrogens is 6. The van der Waals surface area contributed by atoms with Gasteiger partial charge in [0.05, 0.1) is 11.4 Å². The Bertz CT molecular complexity index is 3480. The molecule has 0 aliphatic carbocycles. The Kier molecular flexibility index (Phi) is 23.8. The molecular formula is C62H63N13O7. The molecule has 3 amide bonds. The minimum atomic E-state index is -0.341. The number of hydrogen-bond acceptors (Lipinski definition) is 17. The van der Waals surface area contributed by atoms with Crippen LogP contribution in [0.4, 0.5) is 34.6 Å². The predicted octanol–water partition coefficient (Wildman–Crippen LogP) is 9.11. The Labute approximate surface area is 475 Å². The van der Waals surface area contributed by atoms with Crippen molar-refractivity contribution < 1.29 is 34.1 Å². The number of anilines is 6. The Morgan fingerprint density at radius 1 is 0.573 bits per heavy atom. The van der Waals surface area contributed by atoms with Crippen molar-refractivity contribution in [2.75, 3.05) is 35.3 Å². The molecule has 0 saturated carbocycles. The molecule has 0 spiro atoms. The van der Waals surface area contributed by atoms with E-state index in [1.54, 1.807) is 85.7 Å². The summed E-state index contributed by atoms with van der Waals surface area (Å²) in [5.41, 5.74) is 23.1. The number of carbonyl (C=O) groups excluding carboxylic acids is 3. The van der Waals surface area contributed by atoms with Crippen LogP contribution in [0.15, 0.2) is 208 Å². The second-order valence-corrected chi connectivity index (χ2v) is 17.4. The van der Waals surface area contributed by atoms with Gasteiger partial charge in [-0.1, -0.05) is 61.7 Å². The van der Waals surface area contributed by atoms with Gasteiger partial charge < -0.3 is 57.7 Å². The fourth-order valence-corrected chi connectivity index (χ4v) is 7.11. The number of ether oxygens (including phenoxy) is 2. The molecule has 0 fully saturated rings. The summed E-state index contributed by atoms with van der Waals surface area (Å²) in [7, 11) is 0. The fraction of sp³-hybridized carbons (Fsp3) is 0.113. The quantitative estimate of drug-likeness (QED) is 0.0207. The average molecular weight is 1100 g/mol. The monoisotopic (exact) mass is 1100 g/mol. The SMILES string of the molecule is C=CC(=O)NCc1ccc(C(=O)Nc2ccc(C)c(Nc3nccc(-c4cccnc4)n3)c2)cc1.C=CC(=O)NCc1ccc(OCO)cc1.Cc1ccc(N)cc1Nc1nccc(-c2cccnc2)n1.NCc1ccc(OCO)cc1. The van der Waals surface area contributed by atoms with Crippen LogP contribution in [0, 0.1) is 13.8 Å². The highest BCUT2D eigenvalue weighted by Gasteiger charge is 2.11. The second kappa shape index (κ2) is 32.3. The molecule has 0 aliphatic rings.